The maximum atomic E-state index is 12.5. The minimum absolute atomic E-state index is 0.323. The summed E-state index contributed by atoms with van der Waals surface area (Å²) in [7, 11) is 3.03. The van der Waals surface area contributed by atoms with Gasteiger partial charge in [0.15, 0.2) is 5.84 Å². The molecule has 4 aromatic rings. The van der Waals surface area contributed by atoms with Crippen molar-refractivity contribution in [3.05, 3.63) is 89.2 Å². The third-order valence-corrected chi connectivity index (χ3v) is 6.36. The summed E-state index contributed by atoms with van der Waals surface area (Å²) in [5.74, 6) is 1.52. The molecule has 8 heteroatoms. The zero-order valence-corrected chi connectivity index (χ0v) is 20.1. The van der Waals surface area contributed by atoms with Crippen LogP contribution in [-0.2, 0) is 20.9 Å². The molecule has 0 radical (unpaired) electrons. The number of benzene rings is 3. The molecule has 1 saturated carbocycles. The molecule has 0 saturated heterocycles. The number of esters is 1. The molecule has 3 aromatic carbocycles. The molecule has 0 unspecified atom stereocenters. The number of fused-ring (bicyclic) bond motifs is 1. The first-order chi connectivity index (χ1) is 17.6. The third-order valence-electron chi connectivity index (χ3n) is 6.36. The lowest BCUT2D eigenvalue weighted by atomic mass is 9.98. The molecule has 0 spiro atoms. The van der Waals surface area contributed by atoms with Crippen molar-refractivity contribution in [2.45, 2.75) is 25.3 Å². The number of amidine groups is 1. The molecule has 1 heterocycles. The Balaban J connectivity index is 1.50. The number of rotatable bonds is 8. The van der Waals surface area contributed by atoms with Crippen molar-refractivity contribution in [3.8, 4) is 11.1 Å². The Hall–Kier alpha value is -4.46. The number of methoxy groups -OCH3 is 1. The van der Waals surface area contributed by atoms with Gasteiger partial charge < -0.3 is 14.1 Å². The number of aromatic nitrogens is 2. The number of imidazole rings is 1. The highest BCUT2D eigenvalue weighted by molar-refractivity contribution is 6.04. The molecule has 182 valence electrons. The molecule has 1 aromatic heterocycles. The van der Waals surface area contributed by atoms with Crippen LogP contribution >= 0.6 is 0 Å². The Morgan fingerprint density at radius 1 is 1.08 bits per heavy atom. The van der Waals surface area contributed by atoms with Gasteiger partial charge in [-0.1, -0.05) is 54.6 Å². The summed E-state index contributed by atoms with van der Waals surface area (Å²) < 4.78 is 7.20. The molecule has 0 aliphatic heterocycles. The Morgan fingerprint density at radius 2 is 1.83 bits per heavy atom. The number of ether oxygens (including phenoxy) is 1. The lowest BCUT2D eigenvalue weighted by molar-refractivity contribution is -0.132. The van der Waals surface area contributed by atoms with E-state index in [2.05, 4.69) is 39.3 Å². The van der Waals surface area contributed by atoms with Gasteiger partial charge in [-0.15, -0.1) is 0 Å². The van der Waals surface area contributed by atoms with Gasteiger partial charge in [0.2, 0.25) is 0 Å². The van der Waals surface area contributed by atoms with Gasteiger partial charge in [-0.3, -0.25) is 9.79 Å². The van der Waals surface area contributed by atoms with E-state index >= 15 is 0 Å². The summed E-state index contributed by atoms with van der Waals surface area (Å²) in [6.45, 7) is 0.915. The van der Waals surface area contributed by atoms with Crippen molar-refractivity contribution in [2.75, 3.05) is 14.2 Å². The molecule has 5 rings (SSSR count). The van der Waals surface area contributed by atoms with Crippen LogP contribution in [0.5, 0.6) is 0 Å². The smallest absolute Gasteiger partial charge is 0.340 e. The highest BCUT2D eigenvalue weighted by Crippen LogP contribution is 2.41. The zero-order chi connectivity index (χ0) is 25.1. The summed E-state index contributed by atoms with van der Waals surface area (Å²) in [6.07, 6.45) is 2.21. The van der Waals surface area contributed by atoms with Crippen molar-refractivity contribution >= 4 is 29.3 Å². The summed E-state index contributed by atoms with van der Waals surface area (Å²) in [4.78, 5) is 36.9. The molecule has 1 aliphatic carbocycles. The van der Waals surface area contributed by atoms with Crippen molar-refractivity contribution in [3.63, 3.8) is 0 Å². The minimum atomic E-state index is -0.364. The van der Waals surface area contributed by atoms with E-state index in [-0.39, 0.29) is 5.97 Å². The maximum absolute atomic E-state index is 12.5. The van der Waals surface area contributed by atoms with Crippen LogP contribution in [-0.4, -0.2) is 42.0 Å². The number of nitrogens with one attached hydrogen (secondary N) is 1. The summed E-state index contributed by atoms with van der Waals surface area (Å²) in [5.41, 5.74) is 8.57. The van der Waals surface area contributed by atoms with Crippen molar-refractivity contribution < 1.29 is 19.2 Å². The Labute approximate surface area is 208 Å². The molecule has 36 heavy (non-hydrogen) atoms. The van der Waals surface area contributed by atoms with Crippen LogP contribution in [0.2, 0.25) is 0 Å². The van der Waals surface area contributed by atoms with E-state index in [1.54, 1.807) is 13.1 Å². The predicted molar refractivity (Wildman–Crippen MR) is 137 cm³/mol. The normalized spacial score (nSPS) is 13.4. The Morgan fingerprint density at radius 3 is 2.53 bits per heavy atom. The number of hydrogen-bond donors (Lipinski definition) is 1. The average Bonchev–Trinajstić information content (AvgIpc) is 3.71. The van der Waals surface area contributed by atoms with E-state index < -0.39 is 0 Å². The highest BCUT2D eigenvalue weighted by Gasteiger charge is 2.31. The second-order valence-corrected chi connectivity index (χ2v) is 8.63. The van der Waals surface area contributed by atoms with Crippen LogP contribution in [0.15, 0.2) is 71.7 Å². The molecule has 0 atom stereocenters. The summed E-state index contributed by atoms with van der Waals surface area (Å²) in [6, 6.07) is 21.6. The van der Waals surface area contributed by atoms with Gasteiger partial charge in [0.1, 0.15) is 5.82 Å². The van der Waals surface area contributed by atoms with E-state index in [1.807, 2.05) is 36.4 Å². The summed E-state index contributed by atoms with van der Waals surface area (Å²) >= 11 is 0. The van der Waals surface area contributed by atoms with Gasteiger partial charge >= 0.3 is 12.4 Å². The van der Waals surface area contributed by atoms with Gasteiger partial charge in [-0.25, -0.2) is 15.3 Å². The van der Waals surface area contributed by atoms with E-state index in [0.29, 0.717) is 30.3 Å². The van der Waals surface area contributed by atoms with Crippen LogP contribution in [0.3, 0.4) is 0 Å². The Bertz CT molecular complexity index is 1450. The first kappa shape index (κ1) is 23.3. The second-order valence-electron chi connectivity index (χ2n) is 8.63. The standard InChI is InChI=1S/C28H26N4O4/c1-29-26(31-36-17-33)22-7-4-3-6-21(22)19-12-10-18(11-13-19)16-32-25-23(28(34)35-2)8-5-9-24(25)30-27(32)20-14-15-20/h3-13,17,20H,14-16H2,1-2H3,(H,29,31). The Kier molecular flexibility index (Phi) is 6.49. The van der Waals surface area contributed by atoms with Gasteiger partial charge in [0.25, 0.3) is 0 Å². The van der Waals surface area contributed by atoms with Crippen LogP contribution in [0.4, 0.5) is 0 Å². The maximum Gasteiger partial charge on any atom is 0.340 e. The molecule has 0 bridgehead atoms. The van der Waals surface area contributed by atoms with Gasteiger partial charge in [-0.05, 0) is 41.7 Å². The van der Waals surface area contributed by atoms with Gasteiger partial charge in [0.05, 0.1) is 23.7 Å². The zero-order valence-electron chi connectivity index (χ0n) is 20.1. The highest BCUT2D eigenvalue weighted by atomic mass is 16.7. The fourth-order valence-electron chi connectivity index (χ4n) is 4.51. The average molecular weight is 483 g/mol. The number of para-hydroxylation sites is 1. The quantitative estimate of drug-likeness (QED) is 0.131. The molecule has 1 fully saturated rings. The van der Waals surface area contributed by atoms with Crippen LogP contribution in [0, 0.1) is 0 Å². The minimum Gasteiger partial charge on any atom is -0.465 e. The fraction of sp³-hybridized carbons (Fsp3) is 0.214. The lowest BCUT2D eigenvalue weighted by Gasteiger charge is -2.14. The largest absolute Gasteiger partial charge is 0.465 e. The molecule has 0 amide bonds. The van der Waals surface area contributed by atoms with Crippen LogP contribution in [0.25, 0.3) is 22.2 Å². The molecule has 1 aliphatic rings. The summed E-state index contributed by atoms with van der Waals surface area (Å²) in [5, 5.41) is 0. The lowest BCUT2D eigenvalue weighted by Crippen LogP contribution is -2.24. The molecular weight excluding hydrogens is 456 g/mol. The monoisotopic (exact) mass is 482 g/mol. The first-order valence-corrected chi connectivity index (χ1v) is 11.7. The van der Waals surface area contributed by atoms with E-state index in [0.717, 1.165) is 52.0 Å². The van der Waals surface area contributed by atoms with E-state index in [4.69, 9.17) is 14.6 Å². The number of aliphatic imine (C=N–C) groups is 1. The van der Waals surface area contributed by atoms with Crippen molar-refractivity contribution in [1.82, 2.24) is 15.0 Å². The third kappa shape index (κ3) is 4.45. The number of carbonyl (C=O) groups is 2. The molecular formula is C28H26N4O4. The topological polar surface area (TPSA) is 94.8 Å². The van der Waals surface area contributed by atoms with Crippen LogP contribution < -0.4 is 5.48 Å². The van der Waals surface area contributed by atoms with Crippen molar-refractivity contribution in [2.24, 2.45) is 4.99 Å². The van der Waals surface area contributed by atoms with Gasteiger partial charge in [-0.2, -0.15) is 0 Å². The fourth-order valence-corrected chi connectivity index (χ4v) is 4.51. The number of hydroxylamine groups is 1. The molecule has 8 nitrogen and oxygen atoms in total. The van der Waals surface area contributed by atoms with E-state index in [1.165, 1.54) is 7.11 Å². The number of hydrogen-bond acceptors (Lipinski definition) is 6. The van der Waals surface area contributed by atoms with Crippen molar-refractivity contribution in [1.29, 1.82) is 0 Å². The first-order valence-electron chi connectivity index (χ1n) is 11.7. The van der Waals surface area contributed by atoms with E-state index in [9.17, 15) is 9.59 Å². The van der Waals surface area contributed by atoms with Gasteiger partial charge in [0, 0.05) is 25.1 Å². The second kappa shape index (κ2) is 10.0. The van der Waals surface area contributed by atoms with Crippen LogP contribution in [0.1, 0.15) is 46.1 Å². The number of carbonyl (C=O) groups excluding carboxylic acids is 2. The SMILES string of the molecule is CN=C(NOC=O)c1ccccc1-c1ccc(Cn2c(C3CC3)nc3cccc(C(=O)OC)c32)cc1. The number of nitrogens with zero attached hydrogens (tertiary/aromatic N) is 3. The predicted octanol–water partition coefficient (Wildman–Crippen LogP) is 4.47. The molecule has 1 N–H and O–H groups in total.